The monoisotopic (exact) mass is 367 g/mol. The topological polar surface area (TPSA) is 80.3 Å². The smallest absolute Gasteiger partial charge is 0.257 e. The van der Waals surface area contributed by atoms with Crippen LogP contribution in [0.3, 0.4) is 0 Å². The fraction of sp³-hybridized carbons (Fsp3) is 0.235. The zero-order chi connectivity index (χ0) is 19.1. The zero-order valence-electron chi connectivity index (χ0n) is 13.8. The van der Waals surface area contributed by atoms with E-state index in [-0.39, 0.29) is 11.1 Å². The quantitative estimate of drug-likeness (QED) is 0.582. The van der Waals surface area contributed by atoms with E-state index in [4.69, 9.17) is 4.74 Å². The highest BCUT2D eigenvalue weighted by Gasteiger charge is 2.17. The van der Waals surface area contributed by atoms with E-state index in [2.05, 4.69) is 15.6 Å². The highest BCUT2D eigenvalue weighted by atomic mass is 19.2. The van der Waals surface area contributed by atoms with Gasteiger partial charge in [-0.05, 0) is 24.6 Å². The number of rotatable bonds is 7. The van der Waals surface area contributed by atoms with Gasteiger partial charge in [-0.3, -0.25) is 14.6 Å². The van der Waals surface area contributed by atoms with E-state index >= 15 is 0 Å². The second kappa shape index (κ2) is 8.95. The van der Waals surface area contributed by atoms with Crippen molar-refractivity contribution in [3.05, 3.63) is 59.2 Å². The van der Waals surface area contributed by atoms with E-state index in [0.717, 1.165) is 12.3 Å². The second-order valence-corrected chi connectivity index (χ2v) is 5.24. The van der Waals surface area contributed by atoms with Gasteiger partial charge in [-0.25, -0.2) is 13.2 Å². The first-order valence-corrected chi connectivity index (χ1v) is 7.61. The summed E-state index contributed by atoms with van der Waals surface area (Å²) in [6.07, 6.45) is 3.04. The van der Waals surface area contributed by atoms with Crippen LogP contribution < -0.4 is 10.6 Å². The first-order chi connectivity index (χ1) is 12.4. The highest BCUT2D eigenvalue weighted by Crippen LogP contribution is 2.20. The predicted octanol–water partition coefficient (Wildman–Crippen LogP) is 2.52. The maximum Gasteiger partial charge on any atom is 0.257 e. The number of methoxy groups -OCH3 is 1. The van der Waals surface area contributed by atoms with Crippen LogP contribution in [0.25, 0.3) is 0 Å². The molecule has 0 bridgehead atoms. The van der Waals surface area contributed by atoms with Crippen molar-refractivity contribution in [1.82, 2.24) is 10.3 Å². The van der Waals surface area contributed by atoms with Gasteiger partial charge in [0.2, 0.25) is 0 Å². The third-order valence-corrected chi connectivity index (χ3v) is 3.36. The molecule has 2 rings (SSSR count). The molecule has 2 N–H and O–H groups in total. The molecular formula is C17H16F3N3O3. The maximum atomic E-state index is 13.6. The number of anilines is 1. The minimum absolute atomic E-state index is 0.0429. The number of ether oxygens (including phenoxy) is 1. The van der Waals surface area contributed by atoms with Crippen molar-refractivity contribution in [2.45, 2.75) is 6.42 Å². The van der Waals surface area contributed by atoms with Crippen molar-refractivity contribution in [1.29, 1.82) is 0 Å². The molecule has 0 atom stereocenters. The van der Waals surface area contributed by atoms with Gasteiger partial charge in [0.1, 0.15) is 0 Å². The Kier molecular flexibility index (Phi) is 6.67. The molecule has 0 radical (unpaired) electrons. The van der Waals surface area contributed by atoms with Gasteiger partial charge >= 0.3 is 0 Å². The Hall–Kier alpha value is -2.94. The Labute approximate surface area is 147 Å². The van der Waals surface area contributed by atoms with Gasteiger partial charge in [0.05, 0.1) is 16.8 Å². The molecule has 0 spiro atoms. The number of aromatic nitrogens is 1. The molecule has 1 aromatic carbocycles. The lowest BCUT2D eigenvalue weighted by Gasteiger charge is -2.09. The summed E-state index contributed by atoms with van der Waals surface area (Å²) in [4.78, 5) is 27.9. The SMILES string of the molecule is COCCCNC(=O)c1cncc(C(=O)Nc2ccc(F)c(F)c2F)c1. The van der Waals surface area contributed by atoms with E-state index in [9.17, 15) is 22.8 Å². The van der Waals surface area contributed by atoms with Crippen LogP contribution in [-0.2, 0) is 4.74 Å². The van der Waals surface area contributed by atoms with Gasteiger partial charge in [0.25, 0.3) is 11.8 Å². The molecule has 2 aromatic rings. The van der Waals surface area contributed by atoms with E-state index < -0.39 is 35.0 Å². The summed E-state index contributed by atoms with van der Waals surface area (Å²) in [7, 11) is 1.55. The average Bonchev–Trinajstić information content (AvgIpc) is 2.65. The standard InChI is InChI=1S/C17H16F3N3O3/c1-26-6-2-5-22-16(24)10-7-11(9-21-8-10)17(25)23-13-4-3-12(18)14(19)15(13)20/h3-4,7-9H,2,5-6H2,1H3,(H,22,24)(H,23,25). The van der Waals surface area contributed by atoms with Crippen LogP contribution in [0.2, 0.25) is 0 Å². The summed E-state index contributed by atoms with van der Waals surface area (Å²) >= 11 is 0. The molecule has 6 nitrogen and oxygen atoms in total. The second-order valence-electron chi connectivity index (χ2n) is 5.24. The number of hydrogen-bond acceptors (Lipinski definition) is 4. The normalized spacial score (nSPS) is 10.5. The number of carbonyl (C=O) groups is 2. The Balaban J connectivity index is 2.08. The van der Waals surface area contributed by atoms with E-state index in [1.807, 2.05) is 0 Å². The molecule has 0 fully saturated rings. The lowest BCUT2D eigenvalue weighted by molar-refractivity contribution is 0.0948. The molecule has 0 saturated heterocycles. The minimum atomic E-state index is -1.69. The Morgan fingerprint density at radius 3 is 2.46 bits per heavy atom. The van der Waals surface area contributed by atoms with Gasteiger partial charge in [-0.1, -0.05) is 0 Å². The zero-order valence-corrected chi connectivity index (χ0v) is 13.8. The molecule has 1 aromatic heterocycles. The highest BCUT2D eigenvalue weighted by molar-refractivity contribution is 6.05. The average molecular weight is 367 g/mol. The number of carbonyl (C=O) groups excluding carboxylic acids is 2. The summed E-state index contributed by atoms with van der Waals surface area (Å²) in [6.45, 7) is 0.865. The first-order valence-electron chi connectivity index (χ1n) is 7.61. The van der Waals surface area contributed by atoms with E-state index in [0.29, 0.717) is 25.6 Å². The van der Waals surface area contributed by atoms with Crippen LogP contribution in [0.15, 0.2) is 30.6 Å². The van der Waals surface area contributed by atoms with E-state index in [1.54, 1.807) is 7.11 Å². The molecule has 138 valence electrons. The van der Waals surface area contributed by atoms with Crippen LogP contribution in [0, 0.1) is 17.5 Å². The summed E-state index contributed by atoms with van der Waals surface area (Å²) in [5, 5.41) is 4.74. The third kappa shape index (κ3) is 4.79. The van der Waals surface area contributed by atoms with Crippen LogP contribution in [0.5, 0.6) is 0 Å². The van der Waals surface area contributed by atoms with Gasteiger partial charge in [0, 0.05) is 32.7 Å². The summed E-state index contributed by atoms with van der Waals surface area (Å²) in [5.74, 6) is -5.84. The Bertz CT molecular complexity index is 815. The van der Waals surface area contributed by atoms with Crippen molar-refractivity contribution in [2.75, 3.05) is 25.6 Å². The molecular weight excluding hydrogens is 351 g/mol. The van der Waals surface area contributed by atoms with Crippen molar-refractivity contribution in [3.8, 4) is 0 Å². The van der Waals surface area contributed by atoms with Crippen LogP contribution >= 0.6 is 0 Å². The number of nitrogens with one attached hydrogen (secondary N) is 2. The fourth-order valence-corrected chi connectivity index (χ4v) is 2.03. The summed E-state index contributed by atoms with van der Waals surface area (Å²) in [5.41, 5.74) is -0.442. The number of pyridine rings is 1. The van der Waals surface area contributed by atoms with Crippen molar-refractivity contribution < 1.29 is 27.5 Å². The number of hydrogen-bond donors (Lipinski definition) is 2. The lowest BCUT2D eigenvalue weighted by Crippen LogP contribution is -2.26. The number of halogens is 3. The fourth-order valence-electron chi connectivity index (χ4n) is 2.03. The Morgan fingerprint density at radius 1 is 1.08 bits per heavy atom. The Morgan fingerprint density at radius 2 is 1.77 bits per heavy atom. The van der Waals surface area contributed by atoms with Crippen LogP contribution in [0.1, 0.15) is 27.1 Å². The van der Waals surface area contributed by atoms with Gasteiger partial charge < -0.3 is 15.4 Å². The maximum absolute atomic E-state index is 13.6. The molecule has 26 heavy (non-hydrogen) atoms. The largest absolute Gasteiger partial charge is 0.385 e. The third-order valence-electron chi connectivity index (χ3n) is 3.36. The summed E-state index contributed by atoms with van der Waals surface area (Å²) in [6, 6.07) is 2.84. The molecule has 9 heteroatoms. The van der Waals surface area contributed by atoms with Gasteiger partial charge in [-0.2, -0.15) is 0 Å². The molecule has 2 amide bonds. The van der Waals surface area contributed by atoms with Crippen LogP contribution in [0.4, 0.5) is 18.9 Å². The van der Waals surface area contributed by atoms with Crippen molar-refractivity contribution in [3.63, 3.8) is 0 Å². The minimum Gasteiger partial charge on any atom is -0.385 e. The number of amides is 2. The van der Waals surface area contributed by atoms with Gasteiger partial charge in [-0.15, -0.1) is 0 Å². The lowest BCUT2D eigenvalue weighted by atomic mass is 10.1. The molecule has 0 aliphatic carbocycles. The molecule has 0 aliphatic heterocycles. The summed E-state index contributed by atoms with van der Waals surface area (Å²) < 4.78 is 44.6. The number of benzene rings is 1. The van der Waals surface area contributed by atoms with Gasteiger partial charge in [0.15, 0.2) is 17.5 Å². The van der Waals surface area contributed by atoms with Crippen molar-refractivity contribution in [2.24, 2.45) is 0 Å². The number of nitrogens with zero attached hydrogens (tertiary/aromatic N) is 1. The molecule has 0 aliphatic rings. The van der Waals surface area contributed by atoms with Crippen LogP contribution in [-0.4, -0.2) is 37.1 Å². The first kappa shape index (κ1) is 19.4. The predicted molar refractivity (Wildman–Crippen MR) is 87.3 cm³/mol. The molecule has 0 unspecified atom stereocenters. The van der Waals surface area contributed by atoms with Crippen molar-refractivity contribution >= 4 is 17.5 Å². The molecule has 0 saturated carbocycles. The molecule has 1 heterocycles. The van der Waals surface area contributed by atoms with E-state index in [1.165, 1.54) is 12.3 Å².